The van der Waals surface area contributed by atoms with E-state index in [1.807, 2.05) is 42.8 Å². The number of anilines is 3. The van der Waals surface area contributed by atoms with E-state index in [9.17, 15) is 28.0 Å². The van der Waals surface area contributed by atoms with Gasteiger partial charge in [-0.1, -0.05) is 25.4 Å². The molecule has 3 aromatic carbocycles. The Labute approximate surface area is 226 Å². The van der Waals surface area contributed by atoms with Gasteiger partial charge in [0.2, 0.25) is 5.91 Å². The van der Waals surface area contributed by atoms with E-state index >= 15 is 0 Å². The zero-order valence-electron chi connectivity index (χ0n) is 20.8. The minimum atomic E-state index is -4.75. The van der Waals surface area contributed by atoms with Gasteiger partial charge in [0.15, 0.2) is 0 Å². The van der Waals surface area contributed by atoms with Gasteiger partial charge in [0.25, 0.3) is 0 Å². The highest BCUT2D eigenvalue weighted by atomic mass is 35.5. The molecule has 1 aromatic heterocycles. The van der Waals surface area contributed by atoms with Crippen LogP contribution in [0.4, 0.5) is 35.0 Å². The van der Waals surface area contributed by atoms with E-state index in [1.165, 1.54) is 0 Å². The number of fused-ring (bicyclic) bond motifs is 1. The molecular formula is C27H25ClF3N5O3. The summed E-state index contributed by atoms with van der Waals surface area (Å²) in [6, 6.07) is 14.9. The van der Waals surface area contributed by atoms with Crippen LogP contribution in [0.5, 0.6) is 0 Å². The summed E-state index contributed by atoms with van der Waals surface area (Å²) in [5, 5.41) is 15.8. The van der Waals surface area contributed by atoms with Crippen LogP contribution in [0.2, 0.25) is 5.02 Å². The number of urea groups is 1. The smallest absolute Gasteiger partial charge is 0.325 e. The van der Waals surface area contributed by atoms with E-state index in [2.05, 4.69) is 10.6 Å². The number of amides is 3. The van der Waals surface area contributed by atoms with Crippen molar-refractivity contribution in [2.24, 2.45) is 11.7 Å². The van der Waals surface area contributed by atoms with Gasteiger partial charge in [0.05, 0.1) is 27.8 Å². The molecule has 3 amide bonds. The van der Waals surface area contributed by atoms with Crippen molar-refractivity contribution in [2.45, 2.75) is 26.1 Å². The first-order valence-electron chi connectivity index (χ1n) is 11.8. The Morgan fingerprint density at radius 2 is 1.64 bits per heavy atom. The summed E-state index contributed by atoms with van der Waals surface area (Å²) in [5.74, 6) is -0.262. The SMILES string of the molecule is CC(C)C(N)C(=O)Nc1ccc2c(ccn2-c2ccc(NC(=O)N(O)c3ccc(Cl)c(C(F)(F)F)c3)cc2)c1. The number of hydrogen-bond donors (Lipinski definition) is 4. The number of alkyl halides is 3. The van der Waals surface area contributed by atoms with Gasteiger partial charge in [-0.2, -0.15) is 18.2 Å². The molecule has 5 N–H and O–H groups in total. The molecule has 12 heteroatoms. The van der Waals surface area contributed by atoms with Crippen molar-refractivity contribution < 1.29 is 28.0 Å². The van der Waals surface area contributed by atoms with Crippen LogP contribution in [0.1, 0.15) is 19.4 Å². The molecule has 1 heterocycles. The van der Waals surface area contributed by atoms with E-state index in [4.69, 9.17) is 17.3 Å². The molecule has 0 aliphatic heterocycles. The maximum Gasteiger partial charge on any atom is 0.417 e. The van der Waals surface area contributed by atoms with Crippen molar-refractivity contribution in [3.05, 3.63) is 83.5 Å². The first-order valence-corrected chi connectivity index (χ1v) is 12.2. The van der Waals surface area contributed by atoms with Gasteiger partial charge < -0.3 is 20.9 Å². The van der Waals surface area contributed by atoms with Crippen LogP contribution in [-0.2, 0) is 11.0 Å². The zero-order valence-corrected chi connectivity index (χ0v) is 21.6. The number of hydrogen-bond acceptors (Lipinski definition) is 4. The van der Waals surface area contributed by atoms with Gasteiger partial charge in [-0.3, -0.25) is 10.0 Å². The van der Waals surface area contributed by atoms with Crippen LogP contribution in [0.25, 0.3) is 16.6 Å². The lowest BCUT2D eigenvalue weighted by atomic mass is 10.0. The third kappa shape index (κ3) is 6.17. The zero-order chi connectivity index (χ0) is 28.5. The second-order valence-electron chi connectivity index (χ2n) is 9.17. The summed E-state index contributed by atoms with van der Waals surface area (Å²) in [5.41, 5.74) is 6.88. The number of nitrogens with two attached hydrogens (primary N) is 1. The predicted molar refractivity (Wildman–Crippen MR) is 144 cm³/mol. The Morgan fingerprint density at radius 3 is 2.28 bits per heavy atom. The molecule has 1 unspecified atom stereocenters. The molecule has 0 aliphatic rings. The van der Waals surface area contributed by atoms with Crippen LogP contribution in [0.15, 0.2) is 72.9 Å². The predicted octanol–water partition coefficient (Wildman–Crippen LogP) is 6.65. The average Bonchev–Trinajstić information content (AvgIpc) is 3.31. The summed E-state index contributed by atoms with van der Waals surface area (Å²) in [6.45, 7) is 3.74. The molecule has 39 heavy (non-hydrogen) atoms. The molecule has 0 spiro atoms. The van der Waals surface area contributed by atoms with E-state index < -0.39 is 34.5 Å². The Morgan fingerprint density at radius 1 is 0.974 bits per heavy atom. The van der Waals surface area contributed by atoms with E-state index in [0.717, 1.165) is 28.7 Å². The Bertz CT molecular complexity index is 1520. The minimum Gasteiger partial charge on any atom is -0.325 e. The van der Waals surface area contributed by atoms with Crippen LogP contribution in [0.3, 0.4) is 0 Å². The summed E-state index contributed by atoms with van der Waals surface area (Å²) < 4.78 is 41.2. The fourth-order valence-corrected chi connectivity index (χ4v) is 4.06. The van der Waals surface area contributed by atoms with E-state index in [-0.39, 0.29) is 16.9 Å². The normalized spacial score (nSPS) is 12.4. The summed E-state index contributed by atoms with van der Waals surface area (Å²) >= 11 is 5.59. The topological polar surface area (TPSA) is 113 Å². The highest BCUT2D eigenvalue weighted by molar-refractivity contribution is 6.31. The van der Waals surface area contributed by atoms with E-state index in [0.29, 0.717) is 17.4 Å². The number of nitrogens with one attached hydrogen (secondary N) is 2. The molecule has 0 fully saturated rings. The largest absolute Gasteiger partial charge is 0.417 e. The lowest BCUT2D eigenvalue weighted by molar-refractivity contribution is -0.137. The van der Waals surface area contributed by atoms with Gasteiger partial charge in [-0.25, -0.2) is 4.79 Å². The minimum absolute atomic E-state index is 0.00250. The molecule has 4 aromatic rings. The Kier molecular flexibility index (Phi) is 7.86. The summed E-state index contributed by atoms with van der Waals surface area (Å²) in [7, 11) is 0. The molecule has 8 nitrogen and oxygen atoms in total. The lowest BCUT2D eigenvalue weighted by Crippen LogP contribution is -2.39. The van der Waals surface area contributed by atoms with Crippen LogP contribution in [0, 0.1) is 5.92 Å². The maximum absolute atomic E-state index is 13.1. The molecule has 0 saturated heterocycles. The third-order valence-electron chi connectivity index (χ3n) is 6.07. The average molecular weight is 560 g/mol. The number of halogens is 4. The molecule has 0 aliphatic carbocycles. The second-order valence-corrected chi connectivity index (χ2v) is 9.58. The summed E-state index contributed by atoms with van der Waals surface area (Å²) in [6.07, 6.45) is -2.91. The van der Waals surface area contributed by atoms with Gasteiger partial charge in [-0.05, 0) is 72.6 Å². The second kappa shape index (κ2) is 11.0. The van der Waals surface area contributed by atoms with Crippen molar-refractivity contribution in [3.8, 4) is 5.69 Å². The third-order valence-corrected chi connectivity index (χ3v) is 6.40. The van der Waals surface area contributed by atoms with Crippen molar-refractivity contribution in [2.75, 3.05) is 15.7 Å². The highest BCUT2D eigenvalue weighted by Gasteiger charge is 2.34. The van der Waals surface area contributed by atoms with Crippen LogP contribution >= 0.6 is 11.6 Å². The first kappa shape index (κ1) is 28.0. The Hall–Kier alpha value is -4.06. The quantitative estimate of drug-likeness (QED) is 0.156. The van der Waals surface area contributed by atoms with Crippen molar-refractivity contribution in [1.82, 2.24) is 4.57 Å². The fourth-order valence-electron chi connectivity index (χ4n) is 3.84. The Balaban J connectivity index is 1.47. The molecule has 4 rings (SSSR count). The molecule has 0 bridgehead atoms. The number of benzene rings is 3. The number of hydroxylamine groups is 1. The van der Waals surface area contributed by atoms with Crippen molar-refractivity contribution in [1.29, 1.82) is 0 Å². The summed E-state index contributed by atoms with van der Waals surface area (Å²) in [4.78, 5) is 24.7. The van der Waals surface area contributed by atoms with Gasteiger partial charge in [0, 0.05) is 28.6 Å². The molecule has 0 saturated carbocycles. The van der Waals surface area contributed by atoms with Gasteiger partial charge in [0.1, 0.15) is 0 Å². The van der Waals surface area contributed by atoms with Gasteiger partial charge >= 0.3 is 12.2 Å². The molecule has 1 atom stereocenters. The monoisotopic (exact) mass is 559 g/mol. The van der Waals surface area contributed by atoms with E-state index in [1.54, 1.807) is 30.3 Å². The number of carbonyl (C=O) groups is 2. The van der Waals surface area contributed by atoms with Gasteiger partial charge in [-0.15, -0.1) is 0 Å². The lowest BCUT2D eigenvalue weighted by Gasteiger charge is -2.18. The van der Waals surface area contributed by atoms with Crippen molar-refractivity contribution >= 4 is 51.5 Å². The highest BCUT2D eigenvalue weighted by Crippen LogP contribution is 2.37. The first-order chi connectivity index (χ1) is 18.3. The number of rotatable bonds is 6. The van der Waals surface area contributed by atoms with Crippen LogP contribution in [-0.4, -0.2) is 27.8 Å². The number of aromatic nitrogens is 1. The number of carbonyl (C=O) groups excluding carboxylic acids is 2. The fraction of sp³-hybridized carbons (Fsp3) is 0.185. The standard InChI is InChI=1S/C27H25ClF3N5O3/c1-15(2)24(32)25(37)33-18-5-10-23-16(13-18)11-12-35(23)19-6-3-17(4-7-19)34-26(38)36(39)20-8-9-22(28)21(14-20)27(29,30)31/h3-15,24,39H,32H2,1-2H3,(H,33,37)(H,34,38). The van der Waals surface area contributed by atoms with Crippen LogP contribution < -0.4 is 21.4 Å². The van der Waals surface area contributed by atoms with Crippen molar-refractivity contribution in [3.63, 3.8) is 0 Å². The number of nitrogens with zero attached hydrogens (tertiary/aromatic N) is 2. The molecule has 0 radical (unpaired) electrons. The molecule has 204 valence electrons. The molecular weight excluding hydrogens is 535 g/mol. The maximum atomic E-state index is 13.1.